The van der Waals surface area contributed by atoms with Gasteiger partial charge in [0.1, 0.15) is 11.5 Å². The maximum absolute atomic E-state index is 4.61. The van der Waals surface area contributed by atoms with E-state index >= 15 is 0 Å². The summed E-state index contributed by atoms with van der Waals surface area (Å²) >= 11 is 3.59. The van der Waals surface area contributed by atoms with Gasteiger partial charge >= 0.3 is 0 Å². The first-order chi connectivity index (χ1) is 10.3. The normalized spacial score (nSPS) is 10.6. The second-order valence-corrected chi connectivity index (χ2v) is 5.10. The molecule has 0 aliphatic heterocycles. The largest absolute Gasteiger partial charge is 0.369 e. The lowest BCUT2D eigenvalue weighted by molar-refractivity contribution is 0.938. The van der Waals surface area contributed by atoms with Crippen molar-refractivity contribution in [3.8, 4) is 22.8 Å². The molecule has 2 heterocycles. The van der Waals surface area contributed by atoms with E-state index in [9.17, 15) is 0 Å². The van der Waals surface area contributed by atoms with Gasteiger partial charge in [0.2, 0.25) is 0 Å². The Morgan fingerprint density at radius 3 is 2.67 bits per heavy atom. The highest BCUT2D eigenvalue weighted by atomic mass is 79.9. The Morgan fingerprint density at radius 2 is 2.00 bits per heavy atom. The molecular weight excluding hydrogens is 332 g/mol. The van der Waals surface area contributed by atoms with Crippen molar-refractivity contribution in [1.82, 2.24) is 25.4 Å². The zero-order valence-electron chi connectivity index (χ0n) is 11.3. The molecule has 0 saturated heterocycles. The topological polar surface area (TPSA) is 79.4 Å². The highest BCUT2D eigenvalue weighted by molar-refractivity contribution is 9.10. The van der Waals surface area contributed by atoms with Crippen molar-refractivity contribution in [3.05, 3.63) is 41.0 Å². The van der Waals surface area contributed by atoms with Crippen molar-refractivity contribution >= 4 is 21.7 Å². The van der Waals surface area contributed by atoms with E-state index in [1.54, 1.807) is 6.20 Å². The highest BCUT2D eigenvalue weighted by Gasteiger charge is 2.15. The van der Waals surface area contributed by atoms with Crippen LogP contribution < -0.4 is 5.32 Å². The molecule has 2 aromatic heterocycles. The molecule has 0 unspecified atom stereocenters. The van der Waals surface area contributed by atoms with Crippen molar-refractivity contribution in [2.24, 2.45) is 0 Å². The number of H-pyrrole nitrogens is 1. The standard InChI is InChI=1S/C14H13BrN6/c1-2-16-14-11(15)12(9-6-4-3-5-7-9)18-13(19-14)10-8-17-21-20-10/h3-8H,2H2,1H3,(H,16,18,19)(H,17,20,21). The molecular formula is C14H13BrN6. The minimum atomic E-state index is 0.529. The van der Waals surface area contributed by atoms with Gasteiger partial charge in [0.25, 0.3) is 0 Å². The number of nitrogens with zero attached hydrogens (tertiary/aromatic N) is 4. The summed E-state index contributed by atoms with van der Waals surface area (Å²) in [5, 5.41) is 13.7. The second-order valence-electron chi connectivity index (χ2n) is 4.31. The van der Waals surface area contributed by atoms with Gasteiger partial charge in [-0.2, -0.15) is 15.4 Å². The lowest BCUT2D eigenvalue weighted by Crippen LogP contribution is -2.04. The lowest BCUT2D eigenvalue weighted by Gasteiger charge is -2.11. The SMILES string of the molecule is CCNc1nc(-c2cn[nH]n2)nc(-c2ccccc2)c1Br. The first kappa shape index (κ1) is 13.7. The summed E-state index contributed by atoms with van der Waals surface area (Å²) in [7, 11) is 0. The van der Waals surface area contributed by atoms with Crippen LogP contribution in [0.1, 0.15) is 6.92 Å². The summed E-state index contributed by atoms with van der Waals surface area (Å²) in [4.78, 5) is 9.11. The van der Waals surface area contributed by atoms with Gasteiger partial charge in [0.15, 0.2) is 5.82 Å². The summed E-state index contributed by atoms with van der Waals surface area (Å²) in [6.45, 7) is 2.79. The molecule has 7 heteroatoms. The molecule has 0 bridgehead atoms. The van der Waals surface area contributed by atoms with Gasteiger partial charge in [-0.1, -0.05) is 30.3 Å². The molecule has 0 aliphatic rings. The van der Waals surface area contributed by atoms with Gasteiger partial charge in [-0.3, -0.25) is 0 Å². The van der Waals surface area contributed by atoms with Crippen LogP contribution in [0.2, 0.25) is 0 Å². The Labute approximate surface area is 130 Å². The van der Waals surface area contributed by atoms with Crippen LogP contribution in [-0.4, -0.2) is 31.9 Å². The van der Waals surface area contributed by atoms with Crippen LogP contribution in [0.15, 0.2) is 41.0 Å². The maximum Gasteiger partial charge on any atom is 0.184 e. The smallest absolute Gasteiger partial charge is 0.184 e. The number of rotatable bonds is 4. The predicted octanol–water partition coefficient (Wildman–Crippen LogP) is 3.12. The fourth-order valence-electron chi connectivity index (χ4n) is 1.94. The predicted molar refractivity (Wildman–Crippen MR) is 84.7 cm³/mol. The summed E-state index contributed by atoms with van der Waals surface area (Å²) < 4.78 is 0.836. The number of hydrogen-bond acceptors (Lipinski definition) is 5. The first-order valence-corrected chi connectivity index (χ1v) is 7.32. The number of halogens is 1. The van der Waals surface area contributed by atoms with Crippen molar-refractivity contribution in [2.75, 3.05) is 11.9 Å². The number of anilines is 1. The zero-order chi connectivity index (χ0) is 14.7. The molecule has 0 atom stereocenters. The Kier molecular flexibility index (Phi) is 3.92. The molecule has 21 heavy (non-hydrogen) atoms. The fraction of sp³-hybridized carbons (Fsp3) is 0.143. The average Bonchev–Trinajstić information content (AvgIpc) is 3.05. The Morgan fingerprint density at radius 1 is 1.19 bits per heavy atom. The van der Waals surface area contributed by atoms with Gasteiger partial charge in [-0.05, 0) is 22.9 Å². The van der Waals surface area contributed by atoms with Crippen LogP contribution in [0.3, 0.4) is 0 Å². The van der Waals surface area contributed by atoms with Crippen molar-refractivity contribution in [2.45, 2.75) is 6.92 Å². The van der Waals surface area contributed by atoms with Crippen LogP contribution >= 0.6 is 15.9 Å². The average molecular weight is 345 g/mol. The summed E-state index contributed by atoms with van der Waals surface area (Å²) in [5.74, 6) is 1.27. The summed E-state index contributed by atoms with van der Waals surface area (Å²) in [6.07, 6.45) is 1.60. The molecule has 0 spiro atoms. The fourth-order valence-corrected chi connectivity index (χ4v) is 2.49. The van der Waals surface area contributed by atoms with Gasteiger partial charge < -0.3 is 5.32 Å². The number of aromatic nitrogens is 5. The van der Waals surface area contributed by atoms with Crippen molar-refractivity contribution in [3.63, 3.8) is 0 Å². The van der Waals surface area contributed by atoms with Gasteiger partial charge in [0.05, 0.1) is 16.4 Å². The van der Waals surface area contributed by atoms with E-state index in [4.69, 9.17) is 0 Å². The van der Waals surface area contributed by atoms with Crippen molar-refractivity contribution < 1.29 is 0 Å². The van der Waals surface area contributed by atoms with E-state index in [0.717, 1.165) is 28.1 Å². The molecule has 0 aliphatic carbocycles. The third-order valence-corrected chi connectivity index (χ3v) is 3.64. The second kappa shape index (κ2) is 6.01. The first-order valence-electron chi connectivity index (χ1n) is 6.52. The van der Waals surface area contributed by atoms with E-state index in [0.29, 0.717) is 11.5 Å². The monoisotopic (exact) mass is 344 g/mol. The number of nitrogens with one attached hydrogen (secondary N) is 2. The summed E-state index contributed by atoms with van der Waals surface area (Å²) in [5.41, 5.74) is 2.44. The zero-order valence-corrected chi connectivity index (χ0v) is 12.9. The number of hydrogen-bond donors (Lipinski definition) is 2. The lowest BCUT2D eigenvalue weighted by atomic mass is 10.1. The molecule has 1 aromatic carbocycles. The van der Waals surface area contributed by atoms with E-state index in [1.165, 1.54) is 0 Å². The van der Waals surface area contributed by atoms with E-state index in [1.807, 2.05) is 37.3 Å². The number of benzene rings is 1. The number of aromatic amines is 1. The molecule has 0 fully saturated rings. The molecule has 6 nitrogen and oxygen atoms in total. The summed E-state index contributed by atoms with van der Waals surface area (Å²) in [6, 6.07) is 9.95. The van der Waals surface area contributed by atoms with Crippen LogP contribution in [0.5, 0.6) is 0 Å². The molecule has 2 N–H and O–H groups in total. The molecule has 106 valence electrons. The third kappa shape index (κ3) is 2.78. The van der Waals surface area contributed by atoms with Gasteiger partial charge in [0, 0.05) is 12.1 Å². The van der Waals surface area contributed by atoms with Crippen LogP contribution in [-0.2, 0) is 0 Å². The minimum Gasteiger partial charge on any atom is -0.369 e. The molecule has 3 aromatic rings. The van der Waals surface area contributed by atoms with Crippen molar-refractivity contribution in [1.29, 1.82) is 0 Å². The molecule has 0 saturated carbocycles. The van der Waals surface area contributed by atoms with Crippen LogP contribution in [0.4, 0.5) is 5.82 Å². The van der Waals surface area contributed by atoms with Crippen LogP contribution in [0, 0.1) is 0 Å². The Hall–Kier alpha value is -2.28. The van der Waals surface area contributed by atoms with E-state index in [2.05, 4.69) is 46.6 Å². The van der Waals surface area contributed by atoms with Crippen LogP contribution in [0.25, 0.3) is 22.8 Å². The molecule has 0 radical (unpaired) electrons. The Balaban J connectivity index is 2.18. The Bertz CT molecular complexity index is 727. The highest BCUT2D eigenvalue weighted by Crippen LogP contribution is 2.33. The van der Waals surface area contributed by atoms with Gasteiger partial charge in [-0.15, -0.1) is 0 Å². The third-order valence-electron chi connectivity index (χ3n) is 2.89. The minimum absolute atomic E-state index is 0.529. The molecule has 3 rings (SSSR count). The van der Waals surface area contributed by atoms with E-state index < -0.39 is 0 Å². The quantitative estimate of drug-likeness (QED) is 0.760. The maximum atomic E-state index is 4.61. The van der Waals surface area contributed by atoms with Gasteiger partial charge in [-0.25, -0.2) is 9.97 Å². The molecule has 0 amide bonds. The van der Waals surface area contributed by atoms with E-state index in [-0.39, 0.29) is 0 Å².